The number of fused-ring (bicyclic) bond motifs is 3. The zero-order valence-corrected chi connectivity index (χ0v) is 30.3. The summed E-state index contributed by atoms with van der Waals surface area (Å²) in [5.41, 5.74) is 11.3. The molecule has 220 valence electrons. The van der Waals surface area contributed by atoms with E-state index in [2.05, 4.69) is 159 Å². The molecule has 0 nitrogen and oxygen atoms in total. The molecular weight excluding hydrogens is 619 g/mol. The van der Waals surface area contributed by atoms with Gasteiger partial charge in [0.15, 0.2) is 0 Å². The van der Waals surface area contributed by atoms with Gasteiger partial charge in [0.2, 0.25) is 0 Å². The van der Waals surface area contributed by atoms with Gasteiger partial charge in [-0.2, -0.15) is 0 Å². The van der Waals surface area contributed by atoms with Crippen molar-refractivity contribution >= 4 is 22.4 Å². The van der Waals surface area contributed by atoms with Crippen LogP contribution < -0.4 is 6.54 Å². The Hall–Kier alpha value is -2.60. The van der Waals surface area contributed by atoms with E-state index in [-0.39, 0.29) is 18.1 Å². The molecule has 0 saturated heterocycles. The minimum atomic E-state index is -4.76. The Bertz CT molecular complexity index is 1770. The SMILES string of the molecule is [CH2]=[Zr]([c]1ccccc1)([c]1ccc(Cl)cc1)([CH]1C=CC=C1)[CH]1c2cc(C)c(C(C)(C)C)cc2-c2cc(C(C)(C)C)c(C)cc21. The fraction of sp³-hybridized carbons (Fsp3) is 0.293. The Labute approximate surface area is 265 Å². The molecule has 2 aliphatic carbocycles. The first-order chi connectivity index (χ1) is 20.2. The summed E-state index contributed by atoms with van der Waals surface area (Å²) in [4.78, 5) is 0. The van der Waals surface area contributed by atoms with Crippen LogP contribution >= 0.6 is 11.6 Å². The molecule has 0 N–H and O–H groups in total. The normalized spacial score (nSPS) is 15.7. The van der Waals surface area contributed by atoms with Gasteiger partial charge in [-0.15, -0.1) is 0 Å². The molecule has 0 radical (unpaired) electrons. The summed E-state index contributed by atoms with van der Waals surface area (Å²) < 4.78 is 8.86. The molecule has 0 unspecified atom stereocenters. The van der Waals surface area contributed by atoms with Crippen molar-refractivity contribution in [3.63, 3.8) is 0 Å². The van der Waals surface area contributed by atoms with Crippen LogP contribution in [0.4, 0.5) is 0 Å². The summed E-state index contributed by atoms with van der Waals surface area (Å²) in [6.45, 7) is 18.6. The number of hydrogen-bond donors (Lipinski definition) is 0. The number of halogens is 1. The summed E-state index contributed by atoms with van der Waals surface area (Å²) in [6.07, 6.45) is 9.34. The van der Waals surface area contributed by atoms with Gasteiger partial charge < -0.3 is 0 Å². The average molecular weight is 664 g/mol. The minimum absolute atomic E-state index is 0.0456. The summed E-state index contributed by atoms with van der Waals surface area (Å²) >= 11 is 1.82. The first-order valence-corrected chi connectivity index (χ1v) is 23.1. The third kappa shape index (κ3) is 4.52. The zero-order chi connectivity index (χ0) is 31.0. The molecule has 2 aliphatic rings. The number of aryl methyl sites for hydroxylation is 2. The Morgan fingerprint density at radius 2 is 1.07 bits per heavy atom. The Morgan fingerprint density at radius 1 is 0.628 bits per heavy atom. The molecule has 0 aromatic heterocycles. The number of allylic oxidation sites excluding steroid dienone is 4. The fourth-order valence-corrected chi connectivity index (χ4v) is 26.1. The van der Waals surface area contributed by atoms with Gasteiger partial charge in [0.25, 0.3) is 0 Å². The molecule has 0 saturated carbocycles. The summed E-state index contributed by atoms with van der Waals surface area (Å²) in [6, 6.07) is 30.2. The molecule has 0 atom stereocenters. The second-order valence-corrected chi connectivity index (χ2v) is 29.6. The first kappa shape index (κ1) is 30.4. The quantitative estimate of drug-likeness (QED) is 0.204. The predicted octanol–water partition coefficient (Wildman–Crippen LogP) is 10.3. The van der Waals surface area contributed by atoms with Crippen molar-refractivity contribution in [2.75, 3.05) is 0 Å². The first-order valence-electron chi connectivity index (χ1n) is 15.7. The molecule has 0 fully saturated rings. The molecule has 0 heterocycles. The Morgan fingerprint density at radius 3 is 1.51 bits per heavy atom. The molecule has 2 heteroatoms. The van der Waals surface area contributed by atoms with Crippen molar-refractivity contribution in [3.05, 3.63) is 142 Å². The van der Waals surface area contributed by atoms with E-state index in [1.54, 1.807) is 0 Å². The van der Waals surface area contributed by atoms with Crippen molar-refractivity contribution < 1.29 is 18.3 Å². The van der Waals surface area contributed by atoms with E-state index in [0.717, 1.165) is 5.02 Å². The Kier molecular flexibility index (Phi) is 7.23. The third-order valence-corrected chi connectivity index (χ3v) is 28.5. The standard InChI is InChI=1S/C23H29.C6H4Cl.C6H5.C5H5.CH2.Zr/c1-14-9-16-11-17-10-15(2)21(23(6,7)8)13-19(17)18(16)12-20(14)22(3,4)5;7-6-4-2-1-3-5-6;1-2-4-6-5-3-1;1-2-4-5-3-1;;/h9-13H,1-8H3;2-5H;1-5H;1-5H;1H2;. The number of benzene rings is 4. The van der Waals surface area contributed by atoms with Gasteiger partial charge in [-0.05, 0) is 0 Å². The van der Waals surface area contributed by atoms with E-state index >= 15 is 0 Å². The average Bonchev–Trinajstić information content (AvgIpc) is 3.59. The van der Waals surface area contributed by atoms with Gasteiger partial charge in [-0.1, -0.05) is 0 Å². The van der Waals surface area contributed by atoms with Crippen molar-refractivity contribution in [1.82, 2.24) is 0 Å². The van der Waals surface area contributed by atoms with E-state index < -0.39 is 18.3 Å². The summed E-state index contributed by atoms with van der Waals surface area (Å²) in [7, 11) is 0. The second-order valence-electron chi connectivity index (χ2n) is 15.2. The molecule has 0 amide bonds. The van der Waals surface area contributed by atoms with E-state index in [4.69, 9.17) is 15.8 Å². The van der Waals surface area contributed by atoms with Crippen LogP contribution in [-0.2, 0) is 29.1 Å². The molecular formula is C41H45ClZr. The van der Waals surface area contributed by atoms with Gasteiger partial charge in [0, 0.05) is 0 Å². The molecule has 4 aromatic rings. The van der Waals surface area contributed by atoms with E-state index in [9.17, 15) is 0 Å². The second kappa shape index (κ2) is 10.2. The van der Waals surface area contributed by atoms with Crippen LogP contribution in [0.3, 0.4) is 0 Å². The monoisotopic (exact) mass is 662 g/mol. The summed E-state index contributed by atoms with van der Waals surface area (Å²) in [5, 5.41) is 0.765. The third-order valence-electron chi connectivity index (χ3n) is 10.5. The van der Waals surface area contributed by atoms with Gasteiger partial charge in [0.1, 0.15) is 0 Å². The van der Waals surface area contributed by atoms with Crippen LogP contribution in [0.15, 0.2) is 103 Å². The van der Waals surface area contributed by atoms with Crippen molar-refractivity contribution in [2.45, 2.75) is 73.5 Å². The Balaban J connectivity index is 1.84. The maximum absolute atomic E-state index is 6.57. The van der Waals surface area contributed by atoms with Crippen LogP contribution in [0.2, 0.25) is 8.65 Å². The van der Waals surface area contributed by atoms with Gasteiger partial charge in [0.05, 0.1) is 0 Å². The topological polar surface area (TPSA) is 0 Å². The number of rotatable bonds is 4. The number of hydrogen-bond acceptors (Lipinski definition) is 0. The molecule has 6 rings (SSSR count). The zero-order valence-electron chi connectivity index (χ0n) is 27.1. The molecule has 0 aliphatic heterocycles. The molecule has 0 spiro atoms. The van der Waals surface area contributed by atoms with Crippen LogP contribution in [-0.4, -0.2) is 4.21 Å². The van der Waals surface area contributed by atoms with Crippen molar-refractivity contribution in [1.29, 1.82) is 0 Å². The van der Waals surface area contributed by atoms with Crippen LogP contribution in [0.25, 0.3) is 11.1 Å². The predicted molar refractivity (Wildman–Crippen MR) is 187 cm³/mol. The molecule has 4 aromatic carbocycles. The van der Waals surface area contributed by atoms with Gasteiger partial charge in [-0.25, -0.2) is 0 Å². The fourth-order valence-electron chi connectivity index (χ4n) is 8.52. The van der Waals surface area contributed by atoms with Crippen molar-refractivity contribution in [2.24, 2.45) is 0 Å². The summed E-state index contributed by atoms with van der Waals surface area (Å²) in [5.74, 6) is 0. The van der Waals surface area contributed by atoms with Gasteiger partial charge in [-0.3, -0.25) is 0 Å². The van der Waals surface area contributed by atoms with E-state index in [0.29, 0.717) is 0 Å². The van der Waals surface area contributed by atoms with E-state index in [1.165, 1.54) is 51.1 Å². The molecule has 43 heavy (non-hydrogen) atoms. The molecule has 0 bridgehead atoms. The maximum atomic E-state index is 6.57. The van der Waals surface area contributed by atoms with Crippen LogP contribution in [0.1, 0.15) is 78.5 Å². The van der Waals surface area contributed by atoms with Gasteiger partial charge >= 0.3 is 267 Å². The van der Waals surface area contributed by atoms with Crippen LogP contribution in [0, 0.1) is 13.8 Å². The van der Waals surface area contributed by atoms with Crippen molar-refractivity contribution in [3.8, 4) is 11.1 Å². The van der Waals surface area contributed by atoms with Crippen LogP contribution in [0.5, 0.6) is 0 Å². The van der Waals surface area contributed by atoms with E-state index in [1.807, 2.05) is 0 Å².